The van der Waals surface area contributed by atoms with Gasteiger partial charge in [-0.3, -0.25) is 0 Å². The van der Waals surface area contributed by atoms with Crippen LogP contribution in [0.1, 0.15) is 12.8 Å². The minimum Gasteiger partial charge on any atom is -0.208 e. The van der Waals surface area contributed by atoms with E-state index in [0.29, 0.717) is 0 Å². The van der Waals surface area contributed by atoms with Crippen LogP contribution in [0.3, 0.4) is 0 Å². The first-order valence-electron chi connectivity index (χ1n) is 4.57. The molecule has 1 aliphatic carbocycles. The lowest BCUT2D eigenvalue weighted by Gasteiger charge is -2.08. The highest BCUT2D eigenvalue weighted by atomic mass is 35.5. The second kappa shape index (κ2) is 4.14. The van der Waals surface area contributed by atoms with Crippen LogP contribution in [-0.2, 0) is 10.0 Å². The summed E-state index contributed by atoms with van der Waals surface area (Å²) in [4.78, 5) is -0.275. The highest BCUT2D eigenvalue weighted by Gasteiger charge is 2.30. The van der Waals surface area contributed by atoms with Gasteiger partial charge in [-0.15, -0.1) is 0 Å². The smallest absolute Gasteiger partial charge is 0.208 e. The lowest BCUT2D eigenvalue weighted by molar-refractivity contribution is 0.577. The van der Waals surface area contributed by atoms with Crippen molar-refractivity contribution in [2.75, 3.05) is 0 Å². The molecule has 0 aromatic heterocycles. The number of benzene rings is 1. The van der Waals surface area contributed by atoms with Crippen LogP contribution >= 0.6 is 23.2 Å². The van der Waals surface area contributed by atoms with Gasteiger partial charge in [0.15, 0.2) is 5.82 Å². The molecule has 0 unspecified atom stereocenters. The van der Waals surface area contributed by atoms with Crippen LogP contribution < -0.4 is 4.72 Å². The second-order valence-electron chi connectivity index (χ2n) is 3.57. The molecule has 7 heteroatoms. The zero-order valence-corrected chi connectivity index (χ0v) is 10.3. The maximum atomic E-state index is 13.3. The normalized spacial score (nSPS) is 16.4. The predicted molar refractivity (Wildman–Crippen MR) is 59.8 cm³/mol. The number of nitrogens with one attached hydrogen (secondary N) is 1. The van der Waals surface area contributed by atoms with Crippen LogP contribution in [0.25, 0.3) is 0 Å². The summed E-state index contributed by atoms with van der Waals surface area (Å²) in [5.74, 6) is -0.915. The highest BCUT2D eigenvalue weighted by molar-refractivity contribution is 7.89. The second-order valence-corrected chi connectivity index (χ2v) is 6.04. The maximum Gasteiger partial charge on any atom is 0.242 e. The van der Waals surface area contributed by atoms with E-state index in [4.69, 9.17) is 23.2 Å². The Morgan fingerprint density at radius 2 is 1.94 bits per heavy atom. The van der Waals surface area contributed by atoms with Crippen molar-refractivity contribution in [2.24, 2.45) is 0 Å². The Hall–Kier alpha value is -0.360. The minimum absolute atomic E-state index is 0.0557. The van der Waals surface area contributed by atoms with Crippen LogP contribution in [-0.4, -0.2) is 14.5 Å². The van der Waals surface area contributed by atoms with E-state index in [2.05, 4.69) is 4.72 Å². The Labute approximate surface area is 103 Å². The molecule has 1 aromatic rings. The predicted octanol–water partition coefficient (Wildman–Crippen LogP) is 2.57. The van der Waals surface area contributed by atoms with E-state index in [0.717, 1.165) is 12.8 Å². The highest BCUT2D eigenvalue weighted by Crippen LogP contribution is 2.30. The zero-order chi connectivity index (χ0) is 11.9. The van der Waals surface area contributed by atoms with Crippen molar-refractivity contribution in [3.8, 4) is 0 Å². The van der Waals surface area contributed by atoms with Gasteiger partial charge in [-0.05, 0) is 25.0 Å². The van der Waals surface area contributed by atoms with Gasteiger partial charge in [0, 0.05) is 6.04 Å². The molecular weight excluding hydrogens is 276 g/mol. The fraction of sp³-hybridized carbons (Fsp3) is 0.333. The zero-order valence-electron chi connectivity index (χ0n) is 8.00. The van der Waals surface area contributed by atoms with Crippen molar-refractivity contribution in [1.29, 1.82) is 0 Å². The quantitative estimate of drug-likeness (QED) is 0.867. The fourth-order valence-corrected chi connectivity index (χ4v) is 3.25. The van der Waals surface area contributed by atoms with E-state index < -0.39 is 20.9 Å². The molecular formula is C9H8Cl2FNO2S. The Bertz CT molecular complexity index is 529. The summed E-state index contributed by atoms with van der Waals surface area (Å²) in [5.41, 5.74) is 0. The lowest BCUT2D eigenvalue weighted by atomic mass is 10.3. The topological polar surface area (TPSA) is 46.2 Å². The first-order valence-corrected chi connectivity index (χ1v) is 6.81. The molecule has 0 heterocycles. The van der Waals surface area contributed by atoms with Gasteiger partial charge < -0.3 is 0 Å². The van der Waals surface area contributed by atoms with Crippen molar-refractivity contribution in [3.05, 3.63) is 28.0 Å². The molecule has 88 valence electrons. The Morgan fingerprint density at radius 1 is 1.31 bits per heavy atom. The van der Waals surface area contributed by atoms with Crippen molar-refractivity contribution in [1.82, 2.24) is 4.72 Å². The summed E-state index contributed by atoms with van der Waals surface area (Å²) in [6.07, 6.45) is 1.60. The number of halogens is 3. The molecule has 0 spiro atoms. The van der Waals surface area contributed by atoms with E-state index in [9.17, 15) is 12.8 Å². The SMILES string of the molecule is O=S(=O)(NC1CC1)c1ccc(Cl)c(F)c1Cl. The molecule has 1 aromatic carbocycles. The molecule has 0 radical (unpaired) electrons. The molecule has 2 rings (SSSR count). The van der Waals surface area contributed by atoms with E-state index >= 15 is 0 Å². The van der Waals surface area contributed by atoms with Crippen molar-refractivity contribution >= 4 is 33.2 Å². The number of sulfonamides is 1. The Kier molecular flexibility index (Phi) is 3.13. The molecule has 3 nitrogen and oxygen atoms in total. The molecule has 0 atom stereocenters. The van der Waals surface area contributed by atoms with Gasteiger partial charge >= 0.3 is 0 Å². The van der Waals surface area contributed by atoms with Gasteiger partial charge in [-0.2, -0.15) is 0 Å². The summed E-state index contributed by atoms with van der Waals surface area (Å²) in [6, 6.07) is 2.31. The molecule has 1 N–H and O–H groups in total. The van der Waals surface area contributed by atoms with Gasteiger partial charge in [0.05, 0.1) is 10.0 Å². The summed E-state index contributed by atoms with van der Waals surface area (Å²) in [7, 11) is -3.75. The van der Waals surface area contributed by atoms with Crippen LogP contribution in [0.5, 0.6) is 0 Å². The summed E-state index contributed by atoms with van der Waals surface area (Å²) < 4.78 is 39.3. The summed E-state index contributed by atoms with van der Waals surface area (Å²) in [6.45, 7) is 0. The lowest BCUT2D eigenvalue weighted by Crippen LogP contribution is -2.26. The van der Waals surface area contributed by atoms with Crippen LogP contribution in [0.15, 0.2) is 17.0 Å². The van der Waals surface area contributed by atoms with Crippen molar-refractivity contribution in [2.45, 2.75) is 23.8 Å². The molecule has 0 saturated heterocycles. The van der Waals surface area contributed by atoms with E-state index in [1.165, 1.54) is 12.1 Å². The van der Waals surface area contributed by atoms with Crippen molar-refractivity contribution in [3.63, 3.8) is 0 Å². The van der Waals surface area contributed by atoms with E-state index in [1.807, 2.05) is 0 Å². The first-order chi connectivity index (χ1) is 7.42. The van der Waals surface area contributed by atoms with Gasteiger partial charge in [-0.1, -0.05) is 23.2 Å². The third-order valence-corrected chi connectivity index (χ3v) is 4.52. The van der Waals surface area contributed by atoms with Crippen molar-refractivity contribution < 1.29 is 12.8 Å². The molecule has 16 heavy (non-hydrogen) atoms. The standard InChI is InChI=1S/C9H8Cl2FNO2S/c10-6-3-4-7(8(11)9(6)12)16(14,15)13-5-1-2-5/h3-5,13H,1-2H2. The fourth-order valence-electron chi connectivity index (χ4n) is 1.20. The Balaban J connectivity index is 2.43. The first kappa shape index (κ1) is 12.1. The van der Waals surface area contributed by atoms with Crippen LogP contribution in [0.2, 0.25) is 10.0 Å². The number of hydrogen-bond donors (Lipinski definition) is 1. The van der Waals surface area contributed by atoms with Gasteiger partial charge in [0.1, 0.15) is 4.90 Å². The third-order valence-electron chi connectivity index (χ3n) is 2.19. The summed E-state index contributed by atoms with van der Waals surface area (Å²) >= 11 is 11.1. The average molecular weight is 284 g/mol. The minimum atomic E-state index is -3.75. The third kappa shape index (κ3) is 2.32. The molecule has 0 bridgehead atoms. The average Bonchev–Trinajstić information content (AvgIpc) is 2.97. The number of hydrogen-bond acceptors (Lipinski definition) is 2. The van der Waals surface area contributed by atoms with E-state index in [1.54, 1.807) is 0 Å². The largest absolute Gasteiger partial charge is 0.242 e. The molecule has 1 saturated carbocycles. The maximum absolute atomic E-state index is 13.3. The van der Waals surface area contributed by atoms with Gasteiger partial charge in [0.25, 0.3) is 0 Å². The van der Waals surface area contributed by atoms with Gasteiger partial charge in [-0.25, -0.2) is 17.5 Å². The molecule has 1 aliphatic rings. The molecule has 1 fully saturated rings. The van der Waals surface area contributed by atoms with Crippen LogP contribution in [0.4, 0.5) is 4.39 Å². The number of rotatable bonds is 3. The van der Waals surface area contributed by atoms with E-state index in [-0.39, 0.29) is 16.0 Å². The Morgan fingerprint density at radius 3 is 2.50 bits per heavy atom. The van der Waals surface area contributed by atoms with Gasteiger partial charge in [0.2, 0.25) is 10.0 Å². The molecule has 0 aliphatic heterocycles. The molecule has 0 amide bonds. The summed E-state index contributed by atoms with van der Waals surface area (Å²) in [5, 5.41) is -0.670. The van der Waals surface area contributed by atoms with Crippen LogP contribution in [0, 0.1) is 5.82 Å². The monoisotopic (exact) mass is 283 g/mol.